The van der Waals surface area contributed by atoms with Crippen molar-refractivity contribution in [3.8, 4) is 22.5 Å². The number of fused-ring (bicyclic) bond motifs is 9. The summed E-state index contributed by atoms with van der Waals surface area (Å²) in [7, 11) is 0. The Labute approximate surface area is 334 Å². The van der Waals surface area contributed by atoms with Gasteiger partial charge in [0.2, 0.25) is 0 Å². The molecule has 0 atom stereocenters. The number of hydrogen-bond acceptors (Lipinski definition) is 2. The third-order valence-electron chi connectivity index (χ3n) is 11.7. The van der Waals surface area contributed by atoms with Crippen LogP contribution in [0.3, 0.4) is 0 Å². The summed E-state index contributed by atoms with van der Waals surface area (Å²) >= 11 is 0. The molecule has 272 valence electrons. The Hall–Kier alpha value is -7.82. The lowest BCUT2D eigenvalue weighted by molar-refractivity contribution is 0.669. The number of para-hydroxylation sites is 6. The van der Waals surface area contributed by atoms with Gasteiger partial charge in [0.25, 0.3) is 0 Å². The molecule has 0 bridgehead atoms. The fraction of sp³-hybridized carbons (Fsp3) is 0. The van der Waals surface area contributed by atoms with E-state index in [9.17, 15) is 0 Å². The van der Waals surface area contributed by atoms with Gasteiger partial charge >= 0.3 is 0 Å². The molecule has 3 heterocycles. The molecule has 9 aromatic carbocycles. The molecule has 0 unspecified atom stereocenters. The van der Waals surface area contributed by atoms with Gasteiger partial charge in [-0.3, -0.25) is 0 Å². The zero-order valence-electron chi connectivity index (χ0n) is 31.5. The Morgan fingerprint density at radius 1 is 0.328 bits per heavy atom. The highest BCUT2D eigenvalue weighted by Gasteiger charge is 2.20. The normalized spacial score (nSPS) is 11.8. The molecule has 0 N–H and O–H groups in total. The SMILES string of the molecule is c1ccc(N(c2ccc(-n3c4ccccc4c4ccccc43)cc2)c2ccc(-n3c4ccccc4c4ccccc43)cc2)c(-c2ccc3oc4ccccc4c3c2)c1. The number of nitrogens with zero attached hydrogens (tertiary/aromatic N) is 3. The van der Waals surface area contributed by atoms with Gasteiger partial charge in [0.05, 0.1) is 27.8 Å². The van der Waals surface area contributed by atoms with E-state index in [1.54, 1.807) is 0 Å². The minimum atomic E-state index is 0.889. The number of furan rings is 1. The van der Waals surface area contributed by atoms with Gasteiger partial charge in [-0.2, -0.15) is 0 Å². The highest BCUT2D eigenvalue weighted by atomic mass is 16.3. The van der Waals surface area contributed by atoms with Crippen LogP contribution < -0.4 is 4.90 Å². The molecule has 0 saturated carbocycles. The molecular formula is C54H35N3O. The van der Waals surface area contributed by atoms with Crippen molar-refractivity contribution in [2.24, 2.45) is 0 Å². The zero-order chi connectivity index (χ0) is 38.2. The molecule has 12 rings (SSSR count). The number of hydrogen-bond donors (Lipinski definition) is 0. The maximum Gasteiger partial charge on any atom is 0.135 e. The van der Waals surface area contributed by atoms with Crippen molar-refractivity contribution in [1.82, 2.24) is 9.13 Å². The second-order valence-electron chi connectivity index (χ2n) is 14.9. The highest BCUT2D eigenvalue weighted by molar-refractivity contribution is 6.11. The van der Waals surface area contributed by atoms with Crippen LogP contribution in [0.25, 0.3) is 88.1 Å². The smallest absolute Gasteiger partial charge is 0.135 e. The van der Waals surface area contributed by atoms with Crippen molar-refractivity contribution >= 4 is 82.6 Å². The summed E-state index contributed by atoms with van der Waals surface area (Å²) in [4.78, 5) is 2.39. The molecule has 12 aromatic rings. The van der Waals surface area contributed by atoms with Crippen molar-refractivity contribution in [2.45, 2.75) is 0 Å². The predicted octanol–water partition coefficient (Wildman–Crippen LogP) is 14.9. The third-order valence-corrected chi connectivity index (χ3v) is 11.7. The molecule has 0 fully saturated rings. The van der Waals surface area contributed by atoms with Crippen molar-refractivity contribution in [3.05, 3.63) is 212 Å². The van der Waals surface area contributed by atoms with Crippen LogP contribution in [0.15, 0.2) is 217 Å². The maximum absolute atomic E-state index is 6.24. The van der Waals surface area contributed by atoms with Crippen LogP contribution in [0.2, 0.25) is 0 Å². The lowest BCUT2D eigenvalue weighted by Gasteiger charge is -2.28. The van der Waals surface area contributed by atoms with Crippen LogP contribution in [-0.2, 0) is 0 Å². The Kier molecular flexibility index (Phi) is 7.20. The van der Waals surface area contributed by atoms with Gasteiger partial charge in [-0.15, -0.1) is 0 Å². The average Bonchev–Trinajstić information content (AvgIpc) is 3.95. The number of rotatable bonds is 6. The van der Waals surface area contributed by atoms with Gasteiger partial charge < -0.3 is 18.5 Å². The van der Waals surface area contributed by atoms with E-state index in [2.05, 4.69) is 214 Å². The first-order valence-corrected chi connectivity index (χ1v) is 19.8. The molecule has 0 radical (unpaired) electrons. The summed E-state index contributed by atoms with van der Waals surface area (Å²) in [5.41, 5.74) is 14.3. The van der Waals surface area contributed by atoms with Crippen LogP contribution >= 0.6 is 0 Å². The summed E-state index contributed by atoms with van der Waals surface area (Å²) in [6, 6.07) is 76.3. The van der Waals surface area contributed by atoms with E-state index in [-0.39, 0.29) is 0 Å². The predicted molar refractivity (Wildman–Crippen MR) is 243 cm³/mol. The first-order chi connectivity index (χ1) is 28.8. The van der Waals surface area contributed by atoms with Crippen molar-refractivity contribution in [3.63, 3.8) is 0 Å². The average molecular weight is 742 g/mol. The Morgan fingerprint density at radius 3 is 1.26 bits per heavy atom. The van der Waals surface area contributed by atoms with E-state index < -0.39 is 0 Å². The molecule has 4 heteroatoms. The number of anilines is 3. The monoisotopic (exact) mass is 741 g/mol. The summed E-state index contributed by atoms with van der Waals surface area (Å²) in [6.07, 6.45) is 0. The number of aromatic nitrogens is 2. The van der Waals surface area contributed by atoms with Crippen LogP contribution in [0.5, 0.6) is 0 Å². The summed E-state index contributed by atoms with van der Waals surface area (Å²) in [5, 5.41) is 7.24. The minimum absolute atomic E-state index is 0.889. The summed E-state index contributed by atoms with van der Waals surface area (Å²) in [5.74, 6) is 0. The van der Waals surface area contributed by atoms with E-state index in [0.717, 1.165) is 61.5 Å². The van der Waals surface area contributed by atoms with E-state index in [4.69, 9.17) is 4.42 Å². The zero-order valence-corrected chi connectivity index (χ0v) is 31.5. The van der Waals surface area contributed by atoms with Gasteiger partial charge in [-0.1, -0.05) is 115 Å². The maximum atomic E-state index is 6.24. The molecule has 4 nitrogen and oxygen atoms in total. The topological polar surface area (TPSA) is 26.2 Å². The van der Waals surface area contributed by atoms with Crippen LogP contribution in [0.1, 0.15) is 0 Å². The largest absolute Gasteiger partial charge is 0.456 e. The van der Waals surface area contributed by atoms with Gasteiger partial charge in [0, 0.05) is 60.6 Å². The van der Waals surface area contributed by atoms with Gasteiger partial charge in [0.15, 0.2) is 0 Å². The van der Waals surface area contributed by atoms with E-state index >= 15 is 0 Å². The van der Waals surface area contributed by atoms with Gasteiger partial charge in [0.1, 0.15) is 11.2 Å². The molecule has 0 amide bonds. The molecule has 0 spiro atoms. The van der Waals surface area contributed by atoms with E-state index in [1.807, 2.05) is 12.1 Å². The Morgan fingerprint density at radius 2 is 0.741 bits per heavy atom. The second kappa shape index (κ2) is 12.9. The van der Waals surface area contributed by atoms with Crippen molar-refractivity contribution < 1.29 is 4.42 Å². The Balaban J connectivity index is 1.03. The molecule has 0 aliphatic rings. The van der Waals surface area contributed by atoms with Crippen LogP contribution in [0, 0.1) is 0 Å². The highest BCUT2D eigenvalue weighted by Crippen LogP contribution is 2.43. The van der Waals surface area contributed by atoms with E-state index in [0.29, 0.717) is 0 Å². The second-order valence-corrected chi connectivity index (χ2v) is 14.9. The summed E-state index contributed by atoms with van der Waals surface area (Å²) in [6.45, 7) is 0. The quantitative estimate of drug-likeness (QED) is 0.170. The Bertz CT molecular complexity index is 3250. The standard InChI is InChI=1S/C54H35N3O/c1-7-19-48(41(13-1)36-25-34-54-47(35-36)46-18-6-12-24-53(46)58-54)55(37-26-30-39(31-27-37)56-49-20-8-2-14-42(49)43-15-3-9-21-50(43)56)38-28-32-40(33-29-38)57-51-22-10-4-16-44(51)45-17-5-11-23-52(45)57/h1-35H. The molecular weight excluding hydrogens is 707 g/mol. The molecule has 0 saturated heterocycles. The minimum Gasteiger partial charge on any atom is -0.456 e. The van der Waals surface area contributed by atoms with Gasteiger partial charge in [-0.25, -0.2) is 0 Å². The first kappa shape index (κ1) is 32.4. The fourth-order valence-electron chi connectivity index (χ4n) is 9.14. The molecule has 58 heavy (non-hydrogen) atoms. The van der Waals surface area contributed by atoms with E-state index in [1.165, 1.54) is 43.6 Å². The van der Waals surface area contributed by atoms with Crippen molar-refractivity contribution in [1.29, 1.82) is 0 Å². The molecule has 0 aliphatic heterocycles. The molecule has 0 aliphatic carbocycles. The van der Waals surface area contributed by atoms with Crippen molar-refractivity contribution in [2.75, 3.05) is 4.90 Å². The molecule has 3 aromatic heterocycles. The first-order valence-electron chi connectivity index (χ1n) is 19.8. The van der Waals surface area contributed by atoms with Crippen LogP contribution in [0.4, 0.5) is 17.1 Å². The summed E-state index contributed by atoms with van der Waals surface area (Å²) < 4.78 is 11.0. The lowest BCUT2D eigenvalue weighted by Crippen LogP contribution is -2.11. The van der Waals surface area contributed by atoms with Gasteiger partial charge in [-0.05, 0) is 103 Å². The third kappa shape index (κ3) is 4.95. The van der Waals surface area contributed by atoms with Crippen LogP contribution in [-0.4, -0.2) is 9.13 Å². The number of benzene rings is 9. The lowest BCUT2D eigenvalue weighted by atomic mass is 9.99. The fourth-order valence-corrected chi connectivity index (χ4v) is 9.14.